The summed E-state index contributed by atoms with van der Waals surface area (Å²) in [6.07, 6.45) is 1.80. The molecule has 1 N–H and O–H groups in total. The van der Waals surface area contributed by atoms with Crippen LogP contribution >= 0.6 is 0 Å². The molecular formula is C17H24N2O. The maximum absolute atomic E-state index is 10.5. The second kappa shape index (κ2) is 5.31. The van der Waals surface area contributed by atoms with E-state index < -0.39 is 0 Å². The van der Waals surface area contributed by atoms with Gasteiger partial charge < -0.3 is 5.11 Å². The van der Waals surface area contributed by atoms with Gasteiger partial charge in [-0.15, -0.1) is 0 Å². The van der Waals surface area contributed by atoms with Gasteiger partial charge in [-0.1, -0.05) is 52.3 Å². The van der Waals surface area contributed by atoms with Crippen molar-refractivity contribution in [3.05, 3.63) is 41.2 Å². The highest BCUT2D eigenvalue weighted by Gasteiger charge is 2.27. The van der Waals surface area contributed by atoms with E-state index in [1.807, 2.05) is 22.9 Å². The molecule has 108 valence electrons. The molecule has 2 rings (SSSR count). The van der Waals surface area contributed by atoms with Crippen LogP contribution in [0.25, 0.3) is 5.69 Å². The molecule has 3 heteroatoms. The molecular weight excluding hydrogens is 248 g/mol. The molecule has 0 bridgehead atoms. The van der Waals surface area contributed by atoms with Crippen molar-refractivity contribution >= 4 is 0 Å². The third kappa shape index (κ3) is 2.58. The van der Waals surface area contributed by atoms with Gasteiger partial charge in [0.1, 0.15) is 5.69 Å². The second-order valence-electron chi connectivity index (χ2n) is 6.34. The summed E-state index contributed by atoms with van der Waals surface area (Å²) in [6, 6.07) is 8.15. The van der Waals surface area contributed by atoms with Crippen LogP contribution in [0.4, 0.5) is 0 Å². The minimum atomic E-state index is -0.166. The van der Waals surface area contributed by atoms with E-state index in [-0.39, 0.29) is 5.41 Å². The SMILES string of the molecule is CCCc1c(O)c(C(C)(C)C)nn1-c1ccccc1C. The summed E-state index contributed by atoms with van der Waals surface area (Å²) >= 11 is 0. The van der Waals surface area contributed by atoms with Crippen LogP contribution < -0.4 is 0 Å². The molecule has 0 atom stereocenters. The van der Waals surface area contributed by atoms with Crippen LogP contribution in [-0.4, -0.2) is 14.9 Å². The van der Waals surface area contributed by atoms with E-state index in [9.17, 15) is 5.11 Å². The summed E-state index contributed by atoms with van der Waals surface area (Å²) in [6.45, 7) is 10.4. The summed E-state index contributed by atoms with van der Waals surface area (Å²) in [7, 11) is 0. The second-order valence-corrected chi connectivity index (χ2v) is 6.34. The number of hydrogen-bond donors (Lipinski definition) is 1. The highest BCUT2D eigenvalue weighted by Crippen LogP contribution is 2.34. The molecule has 0 spiro atoms. The molecule has 0 saturated heterocycles. The molecule has 1 heterocycles. The number of benzene rings is 1. The summed E-state index contributed by atoms with van der Waals surface area (Å²) in [4.78, 5) is 0. The fourth-order valence-corrected chi connectivity index (χ4v) is 2.41. The van der Waals surface area contributed by atoms with Crippen LogP contribution in [0, 0.1) is 6.92 Å². The van der Waals surface area contributed by atoms with Crippen LogP contribution in [0.5, 0.6) is 5.75 Å². The number of aromatic nitrogens is 2. The summed E-state index contributed by atoms with van der Waals surface area (Å²) in [5, 5.41) is 15.2. The third-order valence-corrected chi connectivity index (χ3v) is 3.49. The largest absolute Gasteiger partial charge is 0.504 e. The number of aryl methyl sites for hydroxylation is 1. The van der Waals surface area contributed by atoms with Gasteiger partial charge in [-0.05, 0) is 25.0 Å². The Morgan fingerprint density at radius 2 is 1.85 bits per heavy atom. The smallest absolute Gasteiger partial charge is 0.161 e. The van der Waals surface area contributed by atoms with Gasteiger partial charge in [0.2, 0.25) is 0 Å². The Kier molecular flexibility index (Phi) is 3.89. The standard InChI is InChI=1S/C17H24N2O/c1-6-9-14-15(20)16(17(3,4)5)18-19(14)13-11-8-7-10-12(13)2/h7-8,10-11,20H,6,9H2,1-5H3. The van der Waals surface area contributed by atoms with Crippen molar-refractivity contribution in [3.8, 4) is 11.4 Å². The van der Waals surface area contributed by atoms with E-state index in [0.29, 0.717) is 5.75 Å². The van der Waals surface area contributed by atoms with Crippen molar-refractivity contribution < 1.29 is 5.11 Å². The van der Waals surface area contributed by atoms with E-state index in [4.69, 9.17) is 5.10 Å². The molecule has 0 aliphatic heterocycles. The first-order valence-electron chi connectivity index (χ1n) is 7.23. The van der Waals surface area contributed by atoms with E-state index in [0.717, 1.165) is 35.5 Å². The molecule has 0 unspecified atom stereocenters. The monoisotopic (exact) mass is 272 g/mol. The normalized spacial score (nSPS) is 11.8. The van der Waals surface area contributed by atoms with Crippen molar-refractivity contribution in [2.45, 2.75) is 52.9 Å². The Morgan fingerprint density at radius 1 is 1.20 bits per heavy atom. The first-order valence-corrected chi connectivity index (χ1v) is 7.23. The molecule has 0 saturated carbocycles. The Bertz CT molecular complexity index is 606. The van der Waals surface area contributed by atoms with Gasteiger partial charge in [-0.2, -0.15) is 5.10 Å². The lowest BCUT2D eigenvalue weighted by atomic mass is 9.91. The molecule has 0 aliphatic carbocycles. The predicted octanol–water partition coefficient (Wildman–Crippen LogP) is 4.14. The lowest BCUT2D eigenvalue weighted by Crippen LogP contribution is -2.13. The van der Waals surface area contributed by atoms with Gasteiger partial charge >= 0.3 is 0 Å². The van der Waals surface area contributed by atoms with Crippen molar-refractivity contribution in [1.29, 1.82) is 0 Å². The lowest BCUT2D eigenvalue weighted by Gasteiger charge is -2.15. The summed E-state index contributed by atoms with van der Waals surface area (Å²) in [5.74, 6) is 0.350. The molecule has 0 amide bonds. The van der Waals surface area contributed by atoms with Gasteiger partial charge in [-0.25, -0.2) is 4.68 Å². The Balaban J connectivity index is 2.67. The third-order valence-electron chi connectivity index (χ3n) is 3.49. The first kappa shape index (κ1) is 14.6. The fraction of sp³-hybridized carbons (Fsp3) is 0.471. The Morgan fingerprint density at radius 3 is 2.40 bits per heavy atom. The Hall–Kier alpha value is -1.77. The van der Waals surface area contributed by atoms with Gasteiger partial charge in [0.25, 0.3) is 0 Å². The van der Waals surface area contributed by atoms with Crippen molar-refractivity contribution in [1.82, 2.24) is 9.78 Å². The molecule has 0 radical (unpaired) electrons. The van der Waals surface area contributed by atoms with Crippen LogP contribution in [0.15, 0.2) is 24.3 Å². The summed E-state index contributed by atoms with van der Waals surface area (Å²) in [5.41, 5.74) is 3.71. The average molecular weight is 272 g/mol. The maximum atomic E-state index is 10.5. The zero-order valence-corrected chi connectivity index (χ0v) is 13.1. The highest BCUT2D eigenvalue weighted by molar-refractivity contribution is 5.46. The topological polar surface area (TPSA) is 38.1 Å². The average Bonchev–Trinajstić information content (AvgIpc) is 2.68. The van der Waals surface area contributed by atoms with Gasteiger partial charge in [0.15, 0.2) is 5.75 Å². The number of hydrogen-bond acceptors (Lipinski definition) is 2. The zero-order chi connectivity index (χ0) is 14.9. The van der Waals surface area contributed by atoms with E-state index >= 15 is 0 Å². The first-order chi connectivity index (χ1) is 9.36. The quantitative estimate of drug-likeness (QED) is 0.912. The van der Waals surface area contributed by atoms with E-state index in [1.165, 1.54) is 0 Å². The van der Waals surface area contributed by atoms with Crippen molar-refractivity contribution in [2.75, 3.05) is 0 Å². The van der Waals surface area contributed by atoms with Gasteiger partial charge in [0, 0.05) is 5.41 Å². The fourth-order valence-electron chi connectivity index (χ4n) is 2.41. The lowest BCUT2D eigenvalue weighted by molar-refractivity contribution is 0.439. The molecule has 1 aromatic carbocycles. The molecule has 2 aromatic rings. The minimum absolute atomic E-state index is 0.166. The number of aromatic hydroxyl groups is 1. The predicted molar refractivity (Wildman–Crippen MR) is 82.7 cm³/mol. The van der Waals surface area contributed by atoms with Crippen LogP contribution in [-0.2, 0) is 11.8 Å². The van der Waals surface area contributed by atoms with Gasteiger partial charge in [-0.3, -0.25) is 0 Å². The molecule has 20 heavy (non-hydrogen) atoms. The molecule has 1 aromatic heterocycles. The van der Waals surface area contributed by atoms with Crippen LogP contribution in [0.1, 0.15) is 51.1 Å². The van der Waals surface area contributed by atoms with E-state index in [1.54, 1.807) is 0 Å². The van der Waals surface area contributed by atoms with Crippen LogP contribution in [0.2, 0.25) is 0 Å². The summed E-state index contributed by atoms with van der Waals surface area (Å²) < 4.78 is 1.91. The highest BCUT2D eigenvalue weighted by atomic mass is 16.3. The molecule has 3 nitrogen and oxygen atoms in total. The van der Waals surface area contributed by atoms with Crippen molar-refractivity contribution in [2.24, 2.45) is 0 Å². The molecule has 0 aliphatic rings. The molecule has 0 fully saturated rings. The van der Waals surface area contributed by atoms with Crippen molar-refractivity contribution in [3.63, 3.8) is 0 Å². The number of nitrogens with zero attached hydrogens (tertiary/aromatic N) is 2. The van der Waals surface area contributed by atoms with Crippen LogP contribution in [0.3, 0.4) is 0 Å². The number of rotatable bonds is 3. The Labute approximate surface area is 121 Å². The zero-order valence-electron chi connectivity index (χ0n) is 13.1. The number of para-hydroxylation sites is 1. The maximum Gasteiger partial charge on any atom is 0.161 e. The van der Waals surface area contributed by atoms with Gasteiger partial charge in [0.05, 0.1) is 11.4 Å². The minimum Gasteiger partial charge on any atom is -0.504 e. The van der Waals surface area contributed by atoms with E-state index in [2.05, 4.69) is 40.7 Å².